The minimum Gasteiger partial charge on any atom is -0.416 e. The van der Waals surface area contributed by atoms with Gasteiger partial charge < -0.3 is 16.5 Å². The van der Waals surface area contributed by atoms with Crippen LogP contribution < -0.4 is 5.48 Å². The van der Waals surface area contributed by atoms with Crippen molar-refractivity contribution in [2.24, 2.45) is 0 Å². The summed E-state index contributed by atoms with van der Waals surface area (Å²) in [6, 6.07) is 0.0982. The van der Waals surface area contributed by atoms with Gasteiger partial charge in [0.1, 0.15) is 0 Å². The van der Waals surface area contributed by atoms with E-state index in [1.165, 1.54) is 0 Å². The van der Waals surface area contributed by atoms with Crippen molar-refractivity contribution in [1.29, 1.82) is 0 Å². The van der Waals surface area contributed by atoms with E-state index >= 15 is 0 Å². The summed E-state index contributed by atoms with van der Waals surface area (Å²) in [5, 5.41) is 3.54. The molecular weight excluding hydrogens is 447 g/mol. The largest absolute Gasteiger partial charge is 0.697 e. The molecule has 1 atom stereocenters. The Kier molecular flexibility index (Phi) is 11.3. The lowest BCUT2D eigenvalue weighted by molar-refractivity contribution is -0.201. The molecule has 1 unspecified atom stereocenters. The molecular formula is C15H41N3O7Si4. The average Bonchev–Trinajstić information content (AvgIpc) is 2.59. The van der Waals surface area contributed by atoms with Gasteiger partial charge >= 0.3 is 35.7 Å². The summed E-state index contributed by atoms with van der Waals surface area (Å²) in [6.07, 6.45) is 0. The Balaban J connectivity index is 3.31. The summed E-state index contributed by atoms with van der Waals surface area (Å²) in [7, 11) is -11.7. The van der Waals surface area contributed by atoms with Crippen molar-refractivity contribution in [3.8, 4) is 0 Å². The molecule has 0 bridgehead atoms. The fourth-order valence-electron chi connectivity index (χ4n) is 2.69. The lowest BCUT2D eigenvalue weighted by atomic mass is 10.4. The molecule has 1 aliphatic heterocycles. The van der Waals surface area contributed by atoms with Gasteiger partial charge in [0.15, 0.2) is 0 Å². The van der Waals surface area contributed by atoms with E-state index in [1.54, 1.807) is 10.1 Å². The van der Waals surface area contributed by atoms with Crippen molar-refractivity contribution >= 4 is 35.7 Å². The molecule has 0 saturated carbocycles. The van der Waals surface area contributed by atoms with Crippen LogP contribution in [0.3, 0.4) is 0 Å². The standard InChI is InChI=1S/C15H41N3O7Si4/c1-11-17(12-2)20-29(21-18(13-3)14-4)23-26(19-16-15(5)6)22-27(7,8)24-28(9,10)25-29/h15-16,26H,11-14H2,1-10H3. The van der Waals surface area contributed by atoms with Crippen LogP contribution in [0.15, 0.2) is 0 Å². The molecule has 0 aliphatic carbocycles. The van der Waals surface area contributed by atoms with Crippen LogP contribution in [0.25, 0.3) is 0 Å². The van der Waals surface area contributed by atoms with Crippen molar-refractivity contribution in [3.63, 3.8) is 0 Å². The highest BCUT2D eigenvalue weighted by molar-refractivity contribution is 6.86. The van der Waals surface area contributed by atoms with E-state index in [4.69, 9.17) is 30.0 Å². The highest BCUT2D eigenvalue weighted by atomic mass is 28.5. The third kappa shape index (κ3) is 9.65. The number of rotatable bonds is 11. The van der Waals surface area contributed by atoms with Crippen LogP contribution in [0.2, 0.25) is 26.2 Å². The maximum Gasteiger partial charge on any atom is 0.697 e. The second kappa shape index (κ2) is 11.9. The highest BCUT2D eigenvalue weighted by Gasteiger charge is 2.60. The number of hydroxylamine groups is 5. The first kappa shape index (κ1) is 27.5. The number of nitrogens with zero attached hydrogens (tertiary/aromatic N) is 2. The molecule has 0 aromatic heterocycles. The summed E-state index contributed by atoms with van der Waals surface area (Å²) in [5.41, 5.74) is 2.94. The molecule has 174 valence electrons. The number of hydrogen-bond acceptors (Lipinski definition) is 10. The summed E-state index contributed by atoms with van der Waals surface area (Å²) in [5.74, 6) is 0. The van der Waals surface area contributed by atoms with Crippen LogP contribution in [0.1, 0.15) is 41.5 Å². The fourth-order valence-corrected chi connectivity index (χ4v) is 17.6. The number of hydrogen-bond donors (Lipinski definition) is 1. The van der Waals surface area contributed by atoms with Crippen LogP contribution in [0.5, 0.6) is 0 Å². The summed E-state index contributed by atoms with van der Waals surface area (Å²) >= 11 is 0. The SMILES string of the molecule is CCN(CC)O[Si]1(ON(CC)CC)O[SiH](ONC(C)C)O[Si](C)(C)O[Si](C)(C)O1. The molecule has 1 heterocycles. The average molecular weight is 488 g/mol. The lowest BCUT2D eigenvalue weighted by Gasteiger charge is -2.44. The zero-order valence-corrected chi connectivity index (χ0v) is 23.9. The molecule has 1 aliphatic rings. The first-order valence-electron chi connectivity index (χ1n) is 10.4. The molecule has 1 fully saturated rings. The van der Waals surface area contributed by atoms with E-state index < -0.39 is 35.7 Å². The highest BCUT2D eigenvalue weighted by Crippen LogP contribution is 2.29. The quantitative estimate of drug-likeness (QED) is 0.345. The van der Waals surface area contributed by atoms with Gasteiger partial charge in [0.05, 0.1) is 0 Å². The van der Waals surface area contributed by atoms with E-state index in [0.717, 1.165) is 0 Å². The predicted molar refractivity (Wildman–Crippen MR) is 120 cm³/mol. The maximum atomic E-state index is 6.49. The molecule has 0 spiro atoms. The van der Waals surface area contributed by atoms with Crippen molar-refractivity contribution in [2.75, 3.05) is 26.2 Å². The Labute approximate surface area is 181 Å². The Morgan fingerprint density at radius 1 is 0.793 bits per heavy atom. The van der Waals surface area contributed by atoms with Gasteiger partial charge in [-0.1, -0.05) is 27.7 Å². The third-order valence-corrected chi connectivity index (χ3v) is 16.9. The predicted octanol–water partition coefficient (Wildman–Crippen LogP) is 2.10. The van der Waals surface area contributed by atoms with Crippen LogP contribution in [-0.2, 0) is 30.0 Å². The molecule has 1 N–H and O–H groups in total. The summed E-state index contributed by atoms with van der Waals surface area (Å²) in [6.45, 7) is 22.4. The molecule has 0 aromatic rings. The van der Waals surface area contributed by atoms with Crippen LogP contribution in [0.4, 0.5) is 0 Å². The second-order valence-electron chi connectivity index (χ2n) is 7.83. The van der Waals surface area contributed by atoms with Crippen molar-refractivity contribution in [3.05, 3.63) is 0 Å². The zero-order chi connectivity index (χ0) is 22.3. The van der Waals surface area contributed by atoms with Crippen molar-refractivity contribution in [2.45, 2.75) is 73.8 Å². The van der Waals surface area contributed by atoms with Crippen LogP contribution >= 0.6 is 0 Å². The smallest absolute Gasteiger partial charge is 0.416 e. The Bertz CT molecular complexity index is 469. The monoisotopic (exact) mass is 487 g/mol. The topological polar surface area (TPSA) is 83.1 Å². The number of nitrogens with one attached hydrogen (secondary N) is 1. The fraction of sp³-hybridized carbons (Fsp3) is 1.00. The summed E-state index contributed by atoms with van der Waals surface area (Å²) in [4.78, 5) is 0. The van der Waals surface area contributed by atoms with Crippen molar-refractivity contribution < 1.29 is 30.0 Å². The zero-order valence-electron chi connectivity index (χ0n) is 19.7. The van der Waals surface area contributed by atoms with Gasteiger partial charge in [0, 0.05) is 32.2 Å². The normalized spacial score (nSPS) is 24.1. The van der Waals surface area contributed by atoms with Crippen LogP contribution in [0, 0.1) is 0 Å². The van der Waals surface area contributed by atoms with Gasteiger partial charge in [-0.2, -0.15) is 10.1 Å². The first-order valence-corrected chi connectivity index (χ1v) is 19.1. The Morgan fingerprint density at radius 3 is 1.69 bits per heavy atom. The minimum atomic E-state index is -3.73. The third-order valence-electron chi connectivity index (χ3n) is 3.78. The molecule has 10 nitrogen and oxygen atoms in total. The van der Waals surface area contributed by atoms with E-state index in [0.29, 0.717) is 26.2 Å². The van der Waals surface area contributed by atoms with Gasteiger partial charge in [-0.3, -0.25) is 13.6 Å². The maximum absolute atomic E-state index is 6.49. The van der Waals surface area contributed by atoms with E-state index in [-0.39, 0.29) is 6.04 Å². The van der Waals surface area contributed by atoms with Gasteiger partial charge in [-0.25, -0.2) is 5.48 Å². The summed E-state index contributed by atoms with van der Waals surface area (Å²) < 4.78 is 43.9. The van der Waals surface area contributed by atoms with E-state index in [9.17, 15) is 0 Å². The van der Waals surface area contributed by atoms with Gasteiger partial charge in [-0.15, -0.1) is 0 Å². The van der Waals surface area contributed by atoms with E-state index in [1.807, 2.05) is 67.7 Å². The molecule has 0 radical (unpaired) electrons. The van der Waals surface area contributed by atoms with E-state index in [2.05, 4.69) is 5.48 Å². The van der Waals surface area contributed by atoms with Gasteiger partial charge in [0.2, 0.25) is 0 Å². The Morgan fingerprint density at radius 2 is 1.28 bits per heavy atom. The minimum absolute atomic E-state index is 0.0982. The molecule has 1 saturated heterocycles. The van der Waals surface area contributed by atoms with Crippen LogP contribution in [-0.4, -0.2) is 78.0 Å². The molecule has 29 heavy (non-hydrogen) atoms. The van der Waals surface area contributed by atoms with Crippen molar-refractivity contribution in [1.82, 2.24) is 15.6 Å². The Hall–Kier alpha value is 0.468. The molecule has 0 aromatic carbocycles. The first-order chi connectivity index (χ1) is 13.4. The lowest BCUT2D eigenvalue weighted by Crippen LogP contribution is -2.68. The van der Waals surface area contributed by atoms with Gasteiger partial charge in [-0.05, 0) is 40.0 Å². The second-order valence-corrected chi connectivity index (χ2v) is 19.1. The molecule has 14 heteroatoms. The molecule has 1 rings (SSSR count). The van der Waals surface area contributed by atoms with Gasteiger partial charge in [0.25, 0.3) is 0 Å². The molecule has 0 amide bonds.